The Morgan fingerprint density at radius 2 is 1.62 bits per heavy atom. The first kappa shape index (κ1) is 20.4. The third-order valence-corrected chi connectivity index (χ3v) is 5.91. The molecular formula is C18H21BrN2O4S. The molecule has 1 unspecified atom stereocenters. The van der Waals surface area contributed by atoms with Gasteiger partial charge in [-0.15, -0.1) is 0 Å². The predicted molar refractivity (Wildman–Crippen MR) is 103 cm³/mol. The Kier molecular flexibility index (Phi) is 6.80. The lowest BCUT2D eigenvalue weighted by Crippen LogP contribution is -2.45. The van der Waals surface area contributed by atoms with Crippen LogP contribution in [-0.2, 0) is 14.8 Å². The fraction of sp³-hybridized carbons (Fsp3) is 0.278. The van der Waals surface area contributed by atoms with Gasteiger partial charge in [-0.05, 0) is 55.8 Å². The Morgan fingerprint density at radius 3 is 2.15 bits per heavy atom. The summed E-state index contributed by atoms with van der Waals surface area (Å²) in [6, 6.07) is 12.3. The number of ether oxygens (including phenoxy) is 1. The van der Waals surface area contributed by atoms with Crippen LogP contribution < -0.4 is 14.8 Å². The van der Waals surface area contributed by atoms with Crippen LogP contribution in [0, 0.1) is 0 Å². The first-order chi connectivity index (χ1) is 12.2. The Bertz CT molecular complexity index is 852. The first-order valence-electron chi connectivity index (χ1n) is 7.95. The van der Waals surface area contributed by atoms with Gasteiger partial charge in [0.15, 0.2) is 0 Å². The van der Waals surface area contributed by atoms with E-state index in [9.17, 15) is 13.2 Å². The zero-order valence-electron chi connectivity index (χ0n) is 14.7. The summed E-state index contributed by atoms with van der Waals surface area (Å²) in [4.78, 5) is 12.4. The van der Waals surface area contributed by atoms with Crippen molar-refractivity contribution in [1.82, 2.24) is 10.0 Å². The number of halogens is 1. The molecular weight excluding hydrogens is 420 g/mol. The van der Waals surface area contributed by atoms with E-state index in [1.807, 2.05) is 31.2 Å². The van der Waals surface area contributed by atoms with Crippen LogP contribution in [0.2, 0.25) is 0 Å². The fourth-order valence-corrected chi connectivity index (χ4v) is 3.75. The number of methoxy groups -OCH3 is 1. The quantitative estimate of drug-likeness (QED) is 0.692. The average Bonchev–Trinajstić information content (AvgIpc) is 2.61. The second-order valence-corrected chi connectivity index (χ2v) is 8.43. The molecule has 0 radical (unpaired) electrons. The van der Waals surface area contributed by atoms with Gasteiger partial charge in [0.2, 0.25) is 15.9 Å². The van der Waals surface area contributed by atoms with E-state index in [2.05, 4.69) is 26.0 Å². The van der Waals surface area contributed by atoms with Crippen LogP contribution in [0.5, 0.6) is 5.75 Å². The van der Waals surface area contributed by atoms with Crippen LogP contribution in [0.25, 0.3) is 0 Å². The number of benzene rings is 2. The second kappa shape index (κ2) is 8.66. The van der Waals surface area contributed by atoms with Gasteiger partial charge in [-0.1, -0.05) is 28.1 Å². The zero-order valence-corrected chi connectivity index (χ0v) is 17.1. The van der Waals surface area contributed by atoms with Crippen molar-refractivity contribution < 1.29 is 17.9 Å². The van der Waals surface area contributed by atoms with Crippen molar-refractivity contribution in [3.63, 3.8) is 0 Å². The van der Waals surface area contributed by atoms with E-state index >= 15 is 0 Å². The largest absolute Gasteiger partial charge is 0.497 e. The SMILES string of the molecule is COc1ccc(S(=O)(=O)N[C@@H](C)C(=O)NC(C)c2ccc(Br)cc2)cc1. The van der Waals surface area contributed by atoms with E-state index in [1.54, 1.807) is 12.1 Å². The first-order valence-corrected chi connectivity index (χ1v) is 10.2. The van der Waals surface area contributed by atoms with Gasteiger partial charge >= 0.3 is 0 Å². The Balaban J connectivity index is 2.01. The van der Waals surface area contributed by atoms with Gasteiger partial charge in [-0.2, -0.15) is 4.72 Å². The number of amides is 1. The second-order valence-electron chi connectivity index (χ2n) is 5.80. The lowest BCUT2D eigenvalue weighted by Gasteiger charge is -2.19. The molecule has 2 rings (SSSR count). The minimum atomic E-state index is -3.81. The predicted octanol–water partition coefficient (Wildman–Crippen LogP) is 3.00. The minimum absolute atomic E-state index is 0.0684. The molecule has 0 heterocycles. The van der Waals surface area contributed by atoms with Crippen molar-refractivity contribution in [3.8, 4) is 5.75 Å². The third kappa shape index (κ3) is 5.30. The van der Waals surface area contributed by atoms with E-state index in [1.165, 1.54) is 26.2 Å². The molecule has 1 amide bonds. The summed E-state index contributed by atoms with van der Waals surface area (Å²) in [5.74, 6) is 0.149. The van der Waals surface area contributed by atoms with Gasteiger partial charge < -0.3 is 10.1 Å². The van der Waals surface area contributed by atoms with E-state index in [4.69, 9.17) is 4.74 Å². The van der Waals surface area contributed by atoms with Crippen molar-refractivity contribution in [2.24, 2.45) is 0 Å². The molecule has 0 saturated carbocycles. The van der Waals surface area contributed by atoms with Crippen molar-refractivity contribution in [2.75, 3.05) is 7.11 Å². The van der Waals surface area contributed by atoms with Gasteiger partial charge in [-0.3, -0.25) is 4.79 Å². The van der Waals surface area contributed by atoms with Crippen molar-refractivity contribution >= 4 is 31.9 Å². The fourth-order valence-electron chi connectivity index (χ4n) is 2.28. The van der Waals surface area contributed by atoms with E-state index < -0.39 is 22.0 Å². The highest BCUT2D eigenvalue weighted by Crippen LogP contribution is 2.17. The number of hydrogen-bond acceptors (Lipinski definition) is 4. The Morgan fingerprint density at radius 1 is 1.04 bits per heavy atom. The molecule has 0 aliphatic rings. The monoisotopic (exact) mass is 440 g/mol. The van der Waals surface area contributed by atoms with E-state index in [0.29, 0.717) is 5.75 Å². The maximum atomic E-state index is 12.4. The van der Waals surface area contributed by atoms with Crippen LogP contribution in [0.3, 0.4) is 0 Å². The maximum Gasteiger partial charge on any atom is 0.241 e. The molecule has 0 fully saturated rings. The van der Waals surface area contributed by atoms with Crippen molar-refractivity contribution in [1.29, 1.82) is 0 Å². The molecule has 2 N–H and O–H groups in total. The number of hydrogen-bond donors (Lipinski definition) is 2. The van der Waals surface area contributed by atoms with Crippen LogP contribution in [0.1, 0.15) is 25.5 Å². The number of sulfonamides is 1. The number of carbonyl (C=O) groups excluding carboxylic acids is 1. The lowest BCUT2D eigenvalue weighted by molar-refractivity contribution is -0.123. The van der Waals surface area contributed by atoms with Crippen LogP contribution >= 0.6 is 15.9 Å². The van der Waals surface area contributed by atoms with Crippen LogP contribution in [-0.4, -0.2) is 27.5 Å². The molecule has 2 aromatic carbocycles. The molecule has 0 saturated heterocycles. The van der Waals surface area contributed by atoms with Crippen molar-refractivity contribution in [2.45, 2.75) is 30.8 Å². The van der Waals surface area contributed by atoms with Gasteiger partial charge in [0.05, 0.1) is 24.1 Å². The average molecular weight is 441 g/mol. The molecule has 2 aromatic rings. The Hall–Kier alpha value is -1.90. The smallest absolute Gasteiger partial charge is 0.241 e. The summed E-state index contributed by atoms with van der Waals surface area (Å²) in [5.41, 5.74) is 0.923. The highest BCUT2D eigenvalue weighted by Gasteiger charge is 2.23. The van der Waals surface area contributed by atoms with Gasteiger partial charge in [-0.25, -0.2) is 8.42 Å². The maximum absolute atomic E-state index is 12.4. The number of rotatable bonds is 7. The molecule has 0 aliphatic carbocycles. The summed E-state index contributed by atoms with van der Waals surface area (Å²) in [7, 11) is -2.31. The number of nitrogens with one attached hydrogen (secondary N) is 2. The van der Waals surface area contributed by atoms with E-state index in [-0.39, 0.29) is 10.9 Å². The molecule has 26 heavy (non-hydrogen) atoms. The molecule has 8 heteroatoms. The molecule has 2 atom stereocenters. The number of carbonyl (C=O) groups is 1. The Labute approximate surface area is 162 Å². The van der Waals surface area contributed by atoms with Gasteiger partial charge in [0, 0.05) is 4.47 Å². The third-order valence-electron chi connectivity index (χ3n) is 3.82. The van der Waals surface area contributed by atoms with Crippen LogP contribution in [0.4, 0.5) is 0 Å². The highest BCUT2D eigenvalue weighted by atomic mass is 79.9. The highest BCUT2D eigenvalue weighted by molar-refractivity contribution is 9.10. The molecule has 6 nitrogen and oxygen atoms in total. The summed E-state index contributed by atoms with van der Waals surface area (Å²) < 4.78 is 33.1. The topological polar surface area (TPSA) is 84.5 Å². The van der Waals surface area contributed by atoms with Crippen LogP contribution in [0.15, 0.2) is 57.9 Å². The summed E-state index contributed by atoms with van der Waals surface area (Å²) in [6.07, 6.45) is 0. The standard InChI is InChI=1S/C18H21BrN2O4S/c1-12(14-4-6-15(19)7-5-14)20-18(22)13(2)21-26(23,24)17-10-8-16(25-3)9-11-17/h4-13,21H,1-3H3,(H,20,22)/t12?,13-/m0/s1. The molecule has 0 aromatic heterocycles. The molecule has 0 spiro atoms. The normalized spacial score (nSPS) is 13.7. The van der Waals surface area contributed by atoms with Gasteiger partial charge in [0.25, 0.3) is 0 Å². The summed E-state index contributed by atoms with van der Waals surface area (Å²) in [6.45, 7) is 3.34. The van der Waals surface area contributed by atoms with E-state index in [0.717, 1.165) is 10.0 Å². The summed E-state index contributed by atoms with van der Waals surface area (Å²) >= 11 is 3.36. The lowest BCUT2D eigenvalue weighted by atomic mass is 10.1. The molecule has 140 valence electrons. The van der Waals surface area contributed by atoms with Crippen molar-refractivity contribution in [3.05, 3.63) is 58.6 Å². The zero-order chi connectivity index (χ0) is 19.3. The van der Waals surface area contributed by atoms with Gasteiger partial charge in [0.1, 0.15) is 5.75 Å². The molecule has 0 bridgehead atoms. The minimum Gasteiger partial charge on any atom is -0.497 e. The molecule has 0 aliphatic heterocycles. The summed E-state index contributed by atoms with van der Waals surface area (Å²) in [5, 5.41) is 2.81.